The second-order valence-electron chi connectivity index (χ2n) is 0.283. The predicted molar refractivity (Wildman–Crippen MR) is 40.0 cm³/mol. The van der Waals surface area contributed by atoms with Crippen molar-refractivity contribution in [1.29, 1.82) is 0 Å². The number of carboxylic acid groups (broad SMARTS) is 2. The number of hydrogen-bond donors (Lipinski definition) is 2. The van der Waals surface area contributed by atoms with Crippen LogP contribution in [0.5, 0.6) is 0 Å². The largest absolute Gasteiger partial charge is 2.00 e. The molecule has 0 aromatic heterocycles. The molecule has 0 radical (unpaired) electrons. The molecule has 0 amide bonds. The van der Waals surface area contributed by atoms with Gasteiger partial charge in [0.25, 0.3) is 0 Å². The standard InChI is InChI=1S/CH2O3.2Ca.2ClH.2H/c2-1(3)4;;;;;;/h(H2,2,3,4);;;2*1H;;/q;2*+2;;;2*-1/p+1. The van der Waals surface area contributed by atoms with Crippen molar-refractivity contribution in [3.05, 3.63) is 0 Å². The van der Waals surface area contributed by atoms with Crippen molar-refractivity contribution < 1.29 is 19.3 Å². The maximum Gasteiger partial charge on any atom is 2.00 e. The Morgan fingerprint density at radius 2 is 1.25 bits per heavy atom. The van der Waals surface area contributed by atoms with Gasteiger partial charge >= 0.3 is 83.1 Å². The molecule has 0 aliphatic heterocycles. The summed E-state index contributed by atoms with van der Waals surface area (Å²) in [5, 5.41) is 13.9. The third-order valence-corrected chi connectivity index (χ3v) is 0. The molecule has 0 fully saturated rings. The molecular weight excluding hydrogens is 211 g/mol. The second kappa shape index (κ2) is 22.8. The molecule has 0 aliphatic rings. The molecule has 0 bridgehead atoms. The van der Waals surface area contributed by atoms with Crippen molar-refractivity contribution >= 4 is 106 Å². The van der Waals surface area contributed by atoms with Gasteiger partial charge in [-0.1, -0.05) is 0 Å². The van der Waals surface area contributed by atoms with Crippen LogP contribution >= 0.6 is 24.8 Å². The van der Waals surface area contributed by atoms with Crippen LogP contribution in [-0.4, -0.2) is 91.8 Å². The Balaban J connectivity index is -0.00000000214. The van der Waals surface area contributed by atoms with Gasteiger partial charge in [-0.3, -0.25) is 0 Å². The van der Waals surface area contributed by atoms with Crippen LogP contribution in [0.3, 0.4) is 0 Å². The molecule has 0 aromatic rings. The third-order valence-electron chi connectivity index (χ3n) is 0. The molecule has 0 aliphatic carbocycles. The zero-order chi connectivity index (χ0) is 3.58. The molecule has 0 saturated carbocycles. The first-order chi connectivity index (χ1) is 1.73. The summed E-state index contributed by atoms with van der Waals surface area (Å²) in [6, 6.07) is 0. The molecule has 0 saturated heterocycles. The maximum absolute atomic E-state index is 8.56. The molecular formula is CH7Ca2Cl2O3+3. The van der Waals surface area contributed by atoms with Gasteiger partial charge in [-0.25, -0.2) is 4.79 Å². The first-order valence-electron chi connectivity index (χ1n) is 0.651. The van der Waals surface area contributed by atoms with E-state index in [1.165, 1.54) is 0 Å². The zero-order valence-corrected chi connectivity index (χ0v) is 10.1. The van der Waals surface area contributed by atoms with Gasteiger partial charge in [0, 0.05) is 0 Å². The molecule has 0 unspecified atom stereocenters. The minimum Gasteiger partial charge on any atom is -1.00 e. The summed E-state index contributed by atoms with van der Waals surface area (Å²) in [6.45, 7) is 0. The molecule has 0 aromatic carbocycles. The van der Waals surface area contributed by atoms with Gasteiger partial charge in [0.2, 0.25) is 0 Å². The molecule has 7 heteroatoms. The van der Waals surface area contributed by atoms with Gasteiger partial charge in [-0.15, -0.1) is 24.8 Å². The fourth-order valence-electron chi connectivity index (χ4n) is 0. The zero-order valence-electron chi connectivity index (χ0n) is 7.03. The van der Waals surface area contributed by atoms with Crippen LogP contribution in [0.25, 0.3) is 0 Å². The van der Waals surface area contributed by atoms with E-state index in [1.54, 1.807) is 0 Å². The van der Waals surface area contributed by atoms with E-state index in [1.807, 2.05) is 0 Å². The van der Waals surface area contributed by atoms with E-state index in [2.05, 4.69) is 0 Å². The number of hydrogen-bond acceptors (Lipinski definition) is 1. The van der Waals surface area contributed by atoms with Gasteiger partial charge in [-0.05, 0) is 0 Å². The van der Waals surface area contributed by atoms with E-state index in [9.17, 15) is 0 Å². The summed E-state index contributed by atoms with van der Waals surface area (Å²) in [5.41, 5.74) is 0. The predicted octanol–water partition coefficient (Wildman–Crippen LogP) is 0.642. The molecule has 3 nitrogen and oxygen atoms in total. The first-order valence-corrected chi connectivity index (χ1v) is 0.651. The second-order valence-corrected chi connectivity index (χ2v) is 0.283. The van der Waals surface area contributed by atoms with Crippen LogP contribution < -0.4 is 0 Å². The van der Waals surface area contributed by atoms with Gasteiger partial charge in [0.1, 0.15) is 0 Å². The summed E-state index contributed by atoms with van der Waals surface area (Å²) in [4.78, 5) is 8.56. The van der Waals surface area contributed by atoms with E-state index < -0.39 is 6.16 Å². The Bertz CT molecular complexity index is 47.6. The Morgan fingerprint density at radius 1 is 1.25 bits per heavy atom. The van der Waals surface area contributed by atoms with Gasteiger partial charge in [-0.2, -0.15) is 0 Å². The Hall–Kier alpha value is 2.37. The fourth-order valence-corrected chi connectivity index (χ4v) is 0. The Kier molecular flexibility index (Phi) is 89.8. The number of rotatable bonds is 0. The normalized spacial score (nSPS) is 3.00. The van der Waals surface area contributed by atoms with Crippen molar-refractivity contribution in [3.63, 3.8) is 0 Å². The van der Waals surface area contributed by atoms with Crippen LogP contribution in [0.2, 0.25) is 0 Å². The van der Waals surface area contributed by atoms with Crippen molar-refractivity contribution in [2.45, 2.75) is 0 Å². The fraction of sp³-hybridized carbons (Fsp3) is 0. The smallest absolute Gasteiger partial charge is 1.00 e. The quantitative estimate of drug-likeness (QED) is 0.586. The van der Waals surface area contributed by atoms with Crippen LogP contribution in [0.4, 0.5) is 4.79 Å². The summed E-state index contributed by atoms with van der Waals surface area (Å²) in [7, 11) is 0. The topological polar surface area (TPSA) is 57.5 Å². The summed E-state index contributed by atoms with van der Waals surface area (Å²) in [6.07, 6.45) is -1.83. The maximum atomic E-state index is 8.56. The molecule has 8 heavy (non-hydrogen) atoms. The molecule has 0 spiro atoms. The van der Waals surface area contributed by atoms with E-state index in [-0.39, 0.29) is 105 Å². The third kappa shape index (κ3) is 81.0. The average Bonchev–Trinajstić information content (AvgIpc) is 0.811. The summed E-state index contributed by atoms with van der Waals surface area (Å²) >= 11 is 0. The molecule has 44 valence electrons. The minimum atomic E-state index is -1.83. The van der Waals surface area contributed by atoms with Gasteiger partial charge in [0.15, 0.2) is 0 Å². The average molecular weight is 218 g/mol. The van der Waals surface area contributed by atoms with Crippen LogP contribution in [-0.2, 0) is 0 Å². The van der Waals surface area contributed by atoms with E-state index >= 15 is 0 Å². The molecule has 0 heterocycles. The van der Waals surface area contributed by atoms with Gasteiger partial charge in [0.05, 0.1) is 0 Å². The molecule has 0 rings (SSSR count). The van der Waals surface area contributed by atoms with Crippen LogP contribution in [0.1, 0.15) is 4.28 Å². The first kappa shape index (κ1) is 31.6. The van der Waals surface area contributed by atoms with E-state index in [0.29, 0.717) is 0 Å². The van der Waals surface area contributed by atoms with Crippen molar-refractivity contribution in [2.75, 3.05) is 0 Å². The molecule has 0 atom stereocenters. The summed E-state index contributed by atoms with van der Waals surface area (Å²) in [5.74, 6) is 0. The van der Waals surface area contributed by atoms with Gasteiger partial charge < -0.3 is 13.1 Å². The van der Waals surface area contributed by atoms with Crippen molar-refractivity contribution in [2.24, 2.45) is 0 Å². The summed E-state index contributed by atoms with van der Waals surface area (Å²) < 4.78 is 0. The minimum absolute atomic E-state index is 0. The number of carbonyl (C=O) groups is 1. The van der Waals surface area contributed by atoms with Crippen LogP contribution in [0.15, 0.2) is 0 Å². The monoisotopic (exact) mass is 217 g/mol. The molecule has 2 N–H and O–H groups in total. The SMILES string of the molecule is Cl.Cl.O=C(O)O.[Ca+2].[Ca+2].[H+].[H-].[H-]. The van der Waals surface area contributed by atoms with Crippen molar-refractivity contribution in [3.8, 4) is 0 Å². The van der Waals surface area contributed by atoms with Crippen LogP contribution in [0, 0.1) is 0 Å². The van der Waals surface area contributed by atoms with E-state index in [4.69, 9.17) is 15.0 Å². The van der Waals surface area contributed by atoms with Crippen molar-refractivity contribution in [1.82, 2.24) is 0 Å². The Labute approximate surface area is 123 Å². The van der Waals surface area contributed by atoms with E-state index in [0.717, 1.165) is 0 Å². The number of halogens is 2. The Morgan fingerprint density at radius 3 is 1.25 bits per heavy atom.